The van der Waals surface area contributed by atoms with Crippen LogP contribution in [0.1, 0.15) is 26.7 Å². The molecule has 0 spiro atoms. The van der Waals surface area contributed by atoms with E-state index in [1.165, 1.54) is 0 Å². The van der Waals surface area contributed by atoms with Gasteiger partial charge in [0.05, 0.1) is 0 Å². The van der Waals surface area contributed by atoms with Gasteiger partial charge in [0.2, 0.25) is 11.8 Å². The monoisotopic (exact) mass is 253 g/mol. The summed E-state index contributed by atoms with van der Waals surface area (Å²) in [5.74, 6) is 0.564. The van der Waals surface area contributed by atoms with Gasteiger partial charge in [0, 0.05) is 45.1 Å². The lowest BCUT2D eigenvalue weighted by molar-refractivity contribution is -0.142. The van der Waals surface area contributed by atoms with Crippen LogP contribution in [0.5, 0.6) is 0 Å². The average Bonchev–Trinajstić information content (AvgIpc) is 2.38. The molecule has 2 atom stereocenters. The number of nitrogens with zero attached hydrogens (tertiary/aromatic N) is 2. The van der Waals surface area contributed by atoms with Crippen LogP contribution in [0.2, 0.25) is 0 Å². The Labute approximate surface area is 108 Å². The highest BCUT2D eigenvalue weighted by Crippen LogP contribution is 2.19. The molecule has 2 fully saturated rings. The third kappa shape index (κ3) is 3.02. The third-order valence-corrected chi connectivity index (χ3v) is 4.01. The maximum Gasteiger partial charge on any atom is 0.225 e. The summed E-state index contributed by atoms with van der Waals surface area (Å²) >= 11 is 0. The van der Waals surface area contributed by atoms with Crippen LogP contribution < -0.4 is 5.32 Å². The quantitative estimate of drug-likeness (QED) is 0.719. The molecule has 0 aromatic heterocycles. The minimum Gasteiger partial charge on any atom is -0.339 e. The second-order valence-corrected chi connectivity index (χ2v) is 5.41. The Morgan fingerprint density at radius 1 is 1.11 bits per heavy atom. The molecule has 2 aliphatic rings. The van der Waals surface area contributed by atoms with Crippen molar-refractivity contribution in [3.05, 3.63) is 0 Å². The van der Waals surface area contributed by atoms with E-state index < -0.39 is 0 Å². The summed E-state index contributed by atoms with van der Waals surface area (Å²) in [4.78, 5) is 27.4. The lowest BCUT2D eigenvalue weighted by atomic mass is 9.92. The molecule has 0 aromatic rings. The molecule has 2 saturated heterocycles. The van der Waals surface area contributed by atoms with Crippen molar-refractivity contribution in [3.8, 4) is 0 Å². The Bertz CT molecular complexity index is 324. The van der Waals surface area contributed by atoms with Gasteiger partial charge < -0.3 is 15.1 Å². The predicted molar refractivity (Wildman–Crippen MR) is 69.0 cm³/mol. The van der Waals surface area contributed by atoms with Gasteiger partial charge in [-0.3, -0.25) is 9.59 Å². The fraction of sp³-hybridized carbons (Fsp3) is 0.846. The summed E-state index contributed by atoms with van der Waals surface area (Å²) in [6.45, 7) is 7.40. The number of carbonyl (C=O) groups excluding carboxylic acids is 2. The zero-order chi connectivity index (χ0) is 13.1. The van der Waals surface area contributed by atoms with Crippen LogP contribution in [0.25, 0.3) is 0 Å². The second-order valence-electron chi connectivity index (χ2n) is 5.41. The van der Waals surface area contributed by atoms with Gasteiger partial charge in [-0.1, -0.05) is 0 Å². The van der Waals surface area contributed by atoms with Crippen molar-refractivity contribution in [1.82, 2.24) is 15.1 Å². The summed E-state index contributed by atoms with van der Waals surface area (Å²) in [6, 6.07) is 0.436. The largest absolute Gasteiger partial charge is 0.339 e. The molecule has 5 heteroatoms. The molecule has 1 N–H and O–H groups in total. The van der Waals surface area contributed by atoms with E-state index in [2.05, 4.69) is 12.2 Å². The van der Waals surface area contributed by atoms with Crippen molar-refractivity contribution in [2.24, 2.45) is 5.92 Å². The number of piperazine rings is 1. The SMILES string of the molecule is CC(=O)N1CCN(C(=O)C2CCNC(C)C2)CC1. The normalized spacial score (nSPS) is 29.2. The Morgan fingerprint density at radius 3 is 2.28 bits per heavy atom. The predicted octanol–water partition coefficient (Wildman–Crippen LogP) is 0.0652. The van der Waals surface area contributed by atoms with Crippen molar-refractivity contribution in [3.63, 3.8) is 0 Å². The highest BCUT2D eigenvalue weighted by atomic mass is 16.2. The molecule has 2 amide bonds. The van der Waals surface area contributed by atoms with Crippen molar-refractivity contribution in [2.75, 3.05) is 32.7 Å². The fourth-order valence-electron chi connectivity index (χ4n) is 2.86. The number of piperidine rings is 1. The molecule has 18 heavy (non-hydrogen) atoms. The summed E-state index contributed by atoms with van der Waals surface area (Å²) < 4.78 is 0. The van der Waals surface area contributed by atoms with E-state index in [9.17, 15) is 9.59 Å². The molecule has 2 aliphatic heterocycles. The van der Waals surface area contributed by atoms with Crippen LogP contribution >= 0.6 is 0 Å². The first kappa shape index (κ1) is 13.3. The smallest absolute Gasteiger partial charge is 0.225 e. The van der Waals surface area contributed by atoms with Crippen LogP contribution in [0.15, 0.2) is 0 Å². The lowest BCUT2D eigenvalue weighted by Gasteiger charge is -2.37. The van der Waals surface area contributed by atoms with Gasteiger partial charge >= 0.3 is 0 Å². The van der Waals surface area contributed by atoms with Crippen LogP contribution in [0.4, 0.5) is 0 Å². The molecule has 2 heterocycles. The Hall–Kier alpha value is -1.10. The fourth-order valence-corrected chi connectivity index (χ4v) is 2.86. The van der Waals surface area contributed by atoms with Crippen molar-refractivity contribution < 1.29 is 9.59 Å². The Balaban J connectivity index is 1.85. The van der Waals surface area contributed by atoms with Crippen LogP contribution in [-0.2, 0) is 9.59 Å². The average molecular weight is 253 g/mol. The van der Waals surface area contributed by atoms with E-state index in [4.69, 9.17) is 0 Å². The van der Waals surface area contributed by atoms with E-state index in [1.807, 2.05) is 9.80 Å². The number of carbonyl (C=O) groups is 2. The summed E-state index contributed by atoms with van der Waals surface area (Å²) in [6.07, 6.45) is 1.88. The molecular weight excluding hydrogens is 230 g/mol. The molecule has 5 nitrogen and oxygen atoms in total. The van der Waals surface area contributed by atoms with Gasteiger partial charge in [-0.05, 0) is 26.3 Å². The van der Waals surface area contributed by atoms with Crippen LogP contribution in [0.3, 0.4) is 0 Å². The molecule has 2 unspecified atom stereocenters. The van der Waals surface area contributed by atoms with Gasteiger partial charge in [0.25, 0.3) is 0 Å². The summed E-state index contributed by atoms with van der Waals surface area (Å²) in [7, 11) is 0. The molecule has 0 aromatic carbocycles. The second kappa shape index (κ2) is 5.69. The van der Waals surface area contributed by atoms with Crippen LogP contribution in [0, 0.1) is 5.92 Å². The van der Waals surface area contributed by atoms with E-state index >= 15 is 0 Å². The highest BCUT2D eigenvalue weighted by molar-refractivity contribution is 5.79. The molecule has 0 saturated carbocycles. The van der Waals surface area contributed by atoms with Gasteiger partial charge in [0.15, 0.2) is 0 Å². The van der Waals surface area contributed by atoms with Gasteiger partial charge in [-0.15, -0.1) is 0 Å². The first-order valence-corrected chi connectivity index (χ1v) is 6.85. The number of hydrogen-bond donors (Lipinski definition) is 1. The van der Waals surface area contributed by atoms with Crippen molar-refractivity contribution in [2.45, 2.75) is 32.7 Å². The maximum absolute atomic E-state index is 12.4. The highest BCUT2D eigenvalue weighted by Gasteiger charge is 2.30. The third-order valence-electron chi connectivity index (χ3n) is 4.01. The first-order chi connectivity index (χ1) is 8.58. The van der Waals surface area contributed by atoms with E-state index in [0.717, 1.165) is 19.4 Å². The van der Waals surface area contributed by atoms with Crippen LogP contribution in [-0.4, -0.2) is 60.4 Å². The molecule has 102 valence electrons. The van der Waals surface area contributed by atoms with Gasteiger partial charge in [0.1, 0.15) is 0 Å². The Morgan fingerprint density at radius 2 is 1.72 bits per heavy atom. The lowest BCUT2D eigenvalue weighted by Crippen LogP contribution is -2.53. The van der Waals surface area contributed by atoms with E-state index in [0.29, 0.717) is 32.2 Å². The first-order valence-electron chi connectivity index (χ1n) is 6.85. The molecule has 0 aliphatic carbocycles. The molecule has 0 bridgehead atoms. The van der Waals surface area contributed by atoms with E-state index in [-0.39, 0.29) is 17.7 Å². The minimum atomic E-state index is 0.109. The molecule has 0 radical (unpaired) electrons. The van der Waals surface area contributed by atoms with Gasteiger partial charge in [-0.25, -0.2) is 0 Å². The summed E-state index contributed by atoms with van der Waals surface area (Å²) in [5, 5.41) is 3.37. The standard InChI is InChI=1S/C13H23N3O2/c1-10-9-12(3-4-14-10)13(18)16-7-5-15(6-8-16)11(2)17/h10,12,14H,3-9H2,1-2H3. The molecular formula is C13H23N3O2. The molecule has 2 rings (SSSR count). The van der Waals surface area contributed by atoms with Gasteiger partial charge in [-0.2, -0.15) is 0 Å². The number of rotatable bonds is 1. The maximum atomic E-state index is 12.4. The topological polar surface area (TPSA) is 52.7 Å². The number of amides is 2. The van der Waals surface area contributed by atoms with E-state index in [1.54, 1.807) is 6.92 Å². The van der Waals surface area contributed by atoms with Crippen molar-refractivity contribution in [1.29, 1.82) is 0 Å². The number of nitrogens with one attached hydrogen (secondary N) is 1. The number of hydrogen-bond acceptors (Lipinski definition) is 3. The van der Waals surface area contributed by atoms with Crippen molar-refractivity contribution >= 4 is 11.8 Å². The summed E-state index contributed by atoms with van der Waals surface area (Å²) in [5.41, 5.74) is 0. The zero-order valence-corrected chi connectivity index (χ0v) is 11.3. The zero-order valence-electron chi connectivity index (χ0n) is 11.3. The Kier molecular flexibility index (Phi) is 4.22. The minimum absolute atomic E-state index is 0.109.